The summed E-state index contributed by atoms with van der Waals surface area (Å²) >= 11 is 7.08. The van der Waals surface area contributed by atoms with Crippen LogP contribution in [-0.2, 0) is 22.3 Å². The molecule has 46 heavy (non-hydrogen) atoms. The highest BCUT2D eigenvalue weighted by Crippen LogP contribution is 2.49. The Morgan fingerprint density at radius 2 is 1.76 bits per heavy atom. The summed E-state index contributed by atoms with van der Waals surface area (Å²) in [7, 11) is 0. The number of hydrogen-bond donors (Lipinski definition) is 0. The number of ether oxygens (including phenoxy) is 1. The molecule has 15 heteroatoms. The zero-order chi connectivity index (χ0) is 33.1. The molecule has 2 aromatic carbocycles. The van der Waals surface area contributed by atoms with Gasteiger partial charge in [0.1, 0.15) is 17.5 Å². The molecule has 0 N–H and O–H groups in total. The van der Waals surface area contributed by atoms with Crippen molar-refractivity contribution in [2.24, 2.45) is 0 Å². The summed E-state index contributed by atoms with van der Waals surface area (Å²) < 4.78 is 81.5. The molecule has 0 spiro atoms. The monoisotopic (exact) mass is 683 g/mol. The van der Waals surface area contributed by atoms with Gasteiger partial charge in [0.15, 0.2) is 0 Å². The summed E-state index contributed by atoms with van der Waals surface area (Å²) in [6.45, 7) is 9.76. The fourth-order valence-electron chi connectivity index (χ4n) is 6.79. The number of carbonyl (C=O) groups excluding carboxylic acids is 1. The van der Waals surface area contributed by atoms with Gasteiger partial charge in [0.2, 0.25) is 5.91 Å². The highest BCUT2D eigenvalue weighted by Gasteiger charge is 2.41. The molecule has 246 valence electrons. The number of benzene rings is 2. The van der Waals surface area contributed by atoms with Crippen molar-refractivity contribution in [2.75, 3.05) is 50.0 Å². The number of aromatic nitrogens is 2. The van der Waals surface area contributed by atoms with E-state index in [0.29, 0.717) is 32.4 Å². The first kappa shape index (κ1) is 32.7. The molecule has 1 unspecified atom stereocenters. The van der Waals surface area contributed by atoms with E-state index in [1.54, 1.807) is 23.6 Å². The van der Waals surface area contributed by atoms with Gasteiger partial charge >= 0.3 is 11.9 Å². The zero-order valence-corrected chi connectivity index (χ0v) is 26.6. The van der Waals surface area contributed by atoms with Gasteiger partial charge in [-0.3, -0.25) is 14.3 Å². The Morgan fingerprint density at radius 1 is 1.09 bits per heavy atom. The number of morpholine rings is 1. The molecule has 1 aromatic heterocycles. The fourth-order valence-corrected chi connectivity index (χ4v) is 8.35. The van der Waals surface area contributed by atoms with Crippen LogP contribution < -0.4 is 10.6 Å². The Kier molecular flexibility index (Phi) is 8.85. The largest absolute Gasteiger partial charge is 0.417 e. The van der Waals surface area contributed by atoms with Gasteiger partial charge in [-0.05, 0) is 32.1 Å². The maximum absolute atomic E-state index is 15.4. The standard InChI is InChI=1S/C31H31ClF5N5O3S/c1-4-25(43)42-16(2)12-40(13-17(42)3)29-20-9-21(31(35,36)37)26(19-10-22(32)24(34)11-23(19)33)28-27(20)41(30(44)38-29)14-18(15-46-28)39-5-7-45-8-6-39/h4,9-11,16-18H,1,5-8,12-15H2,2-3H3/t16-,17+,18?. The van der Waals surface area contributed by atoms with E-state index in [-0.39, 0.29) is 71.0 Å². The van der Waals surface area contributed by atoms with Crippen LogP contribution in [0.1, 0.15) is 19.4 Å². The molecule has 6 rings (SSSR count). The van der Waals surface area contributed by atoms with Crippen molar-refractivity contribution in [1.82, 2.24) is 19.4 Å². The van der Waals surface area contributed by atoms with E-state index in [1.165, 1.54) is 10.6 Å². The van der Waals surface area contributed by atoms with Crippen molar-refractivity contribution in [3.05, 3.63) is 63.6 Å². The maximum Gasteiger partial charge on any atom is 0.417 e. The van der Waals surface area contributed by atoms with Crippen molar-refractivity contribution < 1.29 is 31.5 Å². The van der Waals surface area contributed by atoms with Gasteiger partial charge in [-0.15, -0.1) is 11.8 Å². The number of carbonyl (C=O) groups is 1. The van der Waals surface area contributed by atoms with Gasteiger partial charge in [-0.1, -0.05) is 18.2 Å². The van der Waals surface area contributed by atoms with Gasteiger partial charge in [0.25, 0.3) is 0 Å². The van der Waals surface area contributed by atoms with E-state index in [9.17, 15) is 14.0 Å². The number of hydrogen-bond acceptors (Lipinski definition) is 7. The Balaban J connectivity index is 1.63. The van der Waals surface area contributed by atoms with E-state index in [0.717, 1.165) is 23.9 Å². The number of rotatable bonds is 4. The van der Waals surface area contributed by atoms with Crippen molar-refractivity contribution >= 4 is 46.0 Å². The molecule has 1 amide bonds. The van der Waals surface area contributed by atoms with Gasteiger partial charge in [0.05, 0.1) is 29.3 Å². The number of alkyl halides is 3. The molecular formula is C31H31ClF5N5O3S. The average Bonchev–Trinajstić information content (AvgIpc) is 3.21. The Hall–Kier alpha value is -3.20. The first-order valence-corrected chi connectivity index (χ1v) is 16.1. The van der Waals surface area contributed by atoms with Crippen LogP contribution in [0.3, 0.4) is 0 Å². The molecule has 3 aromatic rings. The van der Waals surface area contributed by atoms with Crippen molar-refractivity contribution in [3.8, 4) is 11.1 Å². The molecule has 3 aliphatic rings. The Morgan fingerprint density at radius 3 is 2.39 bits per heavy atom. The Bertz CT molecular complexity index is 1770. The summed E-state index contributed by atoms with van der Waals surface area (Å²) in [6, 6.07) is 1.20. The third-order valence-corrected chi connectivity index (χ3v) is 10.3. The van der Waals surface area contributed by atoms with E-state index < -0.39 is 45.2 Å². The molecule has 0 aliphatic carbocycles. The maximum atomic E-state index is 15.4. The highest BCUT2D eigenvalue weighted by molar-refractivity contribution is 7.99. The lowest BCUT2D eigenvalue weighted by Crippen LogP contribution is -2.58. The predicted octanol–water partition coefficient (Wildman–Crippen LogP) is 5.43. The molecule has 0 bridgehead atoms. The third-order valence-electron chi connectivity index (χ3n) is 8.81. The third kappa shape index (κ3) is 5.77. The quantitative estimate of drug-likeness (QED) is 0.206. The number of thioether (sulfide) groups is 1. The van der Waals surface area contributed by atoms with Crippen LogP contribution in [0.25, 0.3) is 22.0 Å². The van der Waals surface area contributed by atoms with Crippen LogP contribution in [-0.4, -0.2) is 88.5 Å². The van der Waals surface area contributed by atoms with Crippen molar-refractivity contribution in [2.45, 2.75) is 49.6 Å². The van der Waals surface area contributed by atoms with Gasteiger partial charge in [-0.2, -0.15) is 18.2 Å². The number of piperazine rings is 1. The van der Waals surface area contributed by atoms with Crippen molar-refractivity contribution in [3.63, 3.8) is 0 Å². The minimum Gasteiger partial charge on any atom is -0.379 e. The molecule has 0 radical (unpaired) electrons. The summed E-state index contributed by atoms with van der Waals surface area (Å²) in [5, 5.41) is -0.471. The smallest absolute Gasteiger partial charge is 0.379 e. The lowest BCUT2D eigenvalue weighted by molar-refractivity contribution is -0.137. The summed E-state index contributed by atoms with van der Waals surface area (Å²) in [4.78, 5) is 36.3. The van der Waals surface area contributed by atoms with Crippen molar-refractivity contribution in [1.29, 1.82) is 0 Å². The SMILES string of the molecule is C=CC(=O)N1[C@H](C)CN(c2nc(=O)n3c4c(c(-c5cc(Cl)c(F)cc5F)c(C(F)(F)F)cc24)SCC(N2CCOCC2)C3)C[C@@H]1C. The van der Waals surface area contributed by atoms with Crippen LogP contribution in [0.4, 0.5) is 27.8 Å². The first-order chi connectivity index (χ1) is 21.8. The number of anilines is 1. The Labute approximate surface area is 270 Å². The topological polar surface area (TPSA) is 70.9 Å². The molecular weight excluding hydrogens is 653 g/mol. The van der Waals surface area contributed by atoms with E-state index in [2.05, 4.69) is 16.5 Å². The predicted molar refractivity (Wildman–Crippen MR) is 166 cm³/mol. The number of halogens is 6. The average molecular weight is 684 g/mol. The van der Waals surface area contributed by atoms with E-state index >= 15 is 17.6 Å². The van der Waals surface area contributed by atoms with Crippen LogP contribution >= 0.6 is 23.4 Å². The molecule has 3 atom stereocenters. The fraction of sp³-hybridized carbons (Fsp3) is 0.452. The summed E-state index contributed by atoms with van der Waals surface area (Å²) in [5.41, 5.74) is -2.69. The number of nitrogens with zero attached hydrogens (tertiary/aromatic N) is 5. The van der Waals surface area contributed by atoms with E-state index in [1.807, 2.05) is 0 Å². The lowest BCUT2D eigenvalue weighted by Gasteiger charge is -2.44. The number of amides is 1. The van der Waals surface area contributed by atoms with Gasteiger partial charge in [0, 0.05) is 84.1 Å². The minimum absolute atomic E-state index is 0.0319. The molecule has 2 fully saturated rings. The molecule has 3 aliphatic heterocycles. The first-order valence-electron chi connectivity index (χ1n) is 14.8. The van der Waals surface area contributed by atoms with E-state index in [4.69, 9.17) is 16.3 Å². The lowest BCUT2D eigenvalue weighted by atomic mass is 9.95. The van der Waals surface area contributed by atoms with Crippen LogP contribution in [0, 0.1) is 11.6 Å². The second-order valence-corrected chi connectivity index (χ2v) is 13.2. The highest BCUT2D eigenvalue weighted by atomic mass is 35.5. The van der Waals surface area contributed by atoms with Gasteiger partial charge < -0.3 is 14.5 Å². The second-order valence-electron chi connectivity index (χ2n) is 11.8. The summed E-state index contributed by atoms with van der Waals surface area (Å²) in [6.07, 6.45) is -3.77. The van der Waals surface area contributed by atoms with Crippen LogP contribution in [0.5, 0.6) is 0 Å². The molecule has 0 saturated carbocycles. The molecule has 4 heterocycles. The second kappa shape index (κ2) is 12.4. The zero-order valence-electron chi connectivity index (χ0n) is 25.0. The molecule has 8 nitrogen and oxygen atoms in total. The summed E-state index contributed by atoms with van der Waals surface area (Å²) in [5.74, 6) is -2.28. The van der Waals surface area contributed by atoms with Gasteiger partial charge in [-0.25, -0.2) is 13.6 Å². The normalized spacial score (nSPS) is 22.7. The molecule has 2 saturated heterocycles. The van der Waals surface area contributed by atoms with Crippen LogP contribution in [0.2, 0.25) is 5.02 Å². The van der Waals surface area contributed by atoms with Crippen LogP contribution in [0.15, 0.2) is 40.5 Å². The minimum atomic E-state index is -4.97.